The van der Waals surface area contributed by atoms with E-state index in [9.17, 15) is 14.7 Å². The molecule has 0 bridgehead atoms. The smallest absolute Gasteiger partial charge is 0.296 e. The monoisotopic (exact) mass is 485 g/mol. The van der Waals surface area contributed by atoms with E-state index in [1.54, 1.807) is 29.7 Å². The van der Waals surface area contributed by atoms with Crippen LogP contribution in [0, 0.1) is 6.92 Å². The van der Waals surface area contributed by atoms with Crippen LogP contribution in [0.15, 0.2) is 77.0 Å². The minimum atomic E-state index is -0.835. The molecule has 0 saturated carbocycles. The van der Waals surface area contributed by atoms with Gasteiger partial charge in [0.05, 0.1) is 36.7 Å². The molecular formula is C28H27N3O5. The molecule has 1 amide bonds. The number of benzene rings is 1. The number of amides is 1. The number of aryl methyl sites for hydroxylation is 1. The van der Waals surface area contributed by atoms with Gasteiger partial charge in [-0.1, -0.05) is 31.5 Å². The molecule has 1 aromatic carbocycles. The highest BCUT2D eigenvalue weighted by Gasteiger charge is 2.47. The zero-order valence-electron chi connectivity index (χ0n) is 20.2. The molecule has 1 aliphatic rings. The van der Waals surface area contributed by atoms with Crippen molar-refractivity contribution in [3.63, 3.8) is 0 Å². The van der Waals surface area contributed by atoms with Gasteiger partial charge in [0.1, 0.15) is 22.9 Å². The van der Waals surface area contributed by atoms with Gasteiger partial charge in [-0.3, -0.25) is 14.0 Å². The van der Waals surface area contributed by atoms with Crippen LogP contribution >= 0.6 is 0 Å². The van der Waals surface area contributed by atoms with Gasteiger partial charge >= 0.3 is 0 Å². The maximum Gasteiger partial charge on any atom is 0.296 e. The number of aromatic nitrogens is 2. The van der Waals surface area contributed by atoms with Crippen molar-refractivity contribution in [1.29, 1.82) is 0 Å². The number of carbonyl (C=O) groups excluding carboxylic acids is 2. The number of aliphatic hydroxyl groups is 1. The van der Waals surface area contributed by atoms with Gasteiger partial charge in [-0.25, -0.2) is 4.98 Å². The van der Waals surface area contributed by atoms with Crippen molar-refractivity contribution in [2.24, 2.45) is 0 Å². The third kappa shape index (κ3) is 4.15. The second kappa shape index (κ2) is 9.73. The van der Waals surface area contributed by atoms with Crippen molar-refractivity contribution < 1.29 is 23.8 Å². The first kappa shape index (κ1) is 23.4. The lowest BCUT2D eigenvalue weighted by atomic mass is 9.96. The Morgan fingerprint density at radius 2 is 2.00 bits per heavy atom. The Morgan fingerprint density at radius 3 is 2.78 bits per heavy atom. The minimum Gasteiger partial charge on any atom is -0.505 e. The van der Waals surface area contributed by atoms with Crippen molar-refractivity contribution in [2.45, 2.75) is 39.3 Å². The van der Waals surface area contributed by atoms with Crippen LogP contribution in [0.5, 0.6) is 5.75 Å². The molecule has 1 saturated heterocycles. The van der Waals surface area contributed by atoms with Crippen LogP contribution in [0.2, 0.25) is 0 Å². The normalized spacial score (nSPS) is 17.3. The van der Waals surface area contributed by atoms with E-state index in [4.69, 9.17) is 9.15 Å². The van der Waals surface area contributed by atoms with Crippen LogP contribution in [0.4, 0.5) is 0 Å². The van der Waals surface area contributed by atoms with Gasteiger partial charge in [0.15, 0.2) is 5.76 Å². The Balaban J connectivity index is 1.66. The lowest BCUT2D eigenvalue weighted by Crippen LogP contribution is -2.29. The van der Waals surface area contributed by atoms with Gasteiger partial charge in [0.25, 0.3) is 11.7 Å². The van der Waals surface area contributed by atoms with E-state index in [0.29, 0.717) is 40.7 Å². The molecule has 1 aliphatic heterocycles. The SMILES string of the molecule is CCCCOc1cccc(C2C(=C(O)c3c(C)nc4ccccn34)C(=O)C(=O)N2Cc2ccco2)c1. The molecule has 0 spiro atoms. The van der Waals surface area contributed by atoms with Crippen LogP contribution in [0.25, 0.3) is 11.4 Å². The lowest BCUT2D eigenvalue weighted by molar-refractivity contribution is -0.140. The number of unbranched alkanes of at least 4 members (excludes halogenated alkanes) is 1. The van der Waals surface area contributed by atoms with Crippen molar-refractivity contribution in [2.75, 3.05) is 6.61 Å². The number of rotatable bonds is 8. The second-order valence-electron chi connectivity index (χ2n) is 8.76. The number of nitrogens with zero attached hydrogens (tertiary/aromatic N) is 3. The first-order valence-corrected chi connectivity index (χ1v) is 12.0. The van der Waals surface area contributed by atoms with Gasteiger partial charge in [0.2, 0.25) is 0 Å². The number of carbonyl (C=O) groups is 2. The molecule has 5 rings (SSSR count). The fourth-order valence-corrected chi connectivity index (χ4v) is 4.60. The number of hydrogen-bond donors (Lipinski definition) is 1. The van der Waals surface area contributed by atoms with E-state index < -0.39 is 17.7 Å². The van der Waals surface area contributed by atoms with Crippen LogP contribution in [0.1, 0.15) is 48.5 Å². The summed E-state index contributed by atoms with van der Waals surface area (Å²) >= 11 is 0. The first-order chi connectivity index (χ1) is 17.5. The maximum atomic E-state index is 13.4. The maximum absolute atomic E-state index is 13.4. The molecule has 1 atom stereocenters. The molecule has 1 fully saturated rings. The predicted octanol–water partition coefficient (Wildman–Crippen LogP) is 5.04. The van der Waals surface area contributed by atoms with Gasteiger partial charge < -0.3 is 19.2 Å². The number of aliphatic hydroxyl groups excluding tert-OH is 1. The average molecular weight is 486 g/mol. The Kier molecular flexibility index (Phi) is 6.33. The quantitative estimate of drug-likeness (QED) is 0.163. The van der Waals surface area contributed by atoms with Crippen LogP contribution in [-0.2, 0) is 16.1 Å². The summed E-state index contributed by atoms with van der Waals surface area (Å²) in [6, 6.07) is 15.4. The number of hydrogen-bond acceptors (Lipinski definition) is 6. The van der Waals surface area contributed by atoms with E-state index in [2.05, 4.69) is 11.9 Å². The average Bonchev–Trinajstić information content (AvgIpc) is 3.57. The van der Waals surface area contributed by atoms with E-state index in [-0.39, 0.29) is 17.9 Å². The van der Waals surface area contributed by atoms with E-state index in [1.807, 2.05) is 42.5 Å². The van der Waals surface area contributed by atoms with E-state index >= 15 is 0 Å². The van der Waals surface area contributed by atoms with Crippen molar-refractivity contribution in [1.82, 2.24) is 14.3 Å². The second-order valence-corrected chi connectivity index (χ2v) is 8.76. The summed E-state index contributed by atoms with van der Waals surface area (Å²) in [6.07, 6.45) is 5.20. The third-order valence-corrected chi connectivity index (χ3v) is 6.32. The number of likely N-dealkylation sites (tertiary alicyclic amines) is 1. The van der Waals surface area contributed by atoms with E-state index in [0.717, 1.165) is 12.8 Å². The number of ketones is 1. The number of imidazole rings is 1. The predicted molar refractivity (Wildman–Crippen MR) is 133 cm³/mol. The summed E-state index contributed by atoms with van der Waals surface area (Å²) in [5, 5.41) is 11.6. The third-order valence-electron chi connectivity index (χ3n) is 6.32. The first-order valence-electron chi connectivity index (χ1n) is 12.0. The minimum absolute atomic E-state index is 0.00557. The summed E-state index contributed by atoms with van der Waals surface area (Å²) in [5.41, 5.74) is 2.21. The number of fused-ring (bicyclic) bond motifs is 1. The van der Waals surface area contributed by atoms with Crippen LogP contribution in [0.3, 0.4) is 0 Å². The molecule has 184 valence electrons. The Labute approximate surface area is 208 Å². The van der Waals surface area contributed by atoms with E-state index in [1.165, 1.54) is 11.2 Å². The largest absolute Gasteiger partial charge is 0.505 e. The molecule has 3 aromatic heterocycles. The molecule has 0 radical (unpaired) electrons. The number of ether oxygens (including phenoxy) is 1. The molecule has 0 aliphatic carbocycles. The van der Waals surface area contributed by atoms with Gasteiger partial charge in [0, 0.05) is 6.20 Å². The molecule has 8 nitrogen and oxygen atoms in total. The van der Waals surface area contributed by atoms with Crippen LogP contribution < -0.4 is 4.74 Å². The number of Topliss-reactive ketones (excluding diaryl/α,β-unsaturated/α-hetero) is 1. The van der Waals surface area contributed by atoms with Gasteiger partial charge in [-0.05, 0) is 55.3 Å². The summed E-state index contributed by atoms with van der Waals surface area (Å²) in [6.45, 7) is 4.49. The molecule has 36 heavy (non-hydrogen) atoms. The highest BCUT2D eigenvalue weighted by atomic mass is 16.5. The Hall–Kier alpha value is -4.33. The van der Waals surface area contributed by atoms with Gasteiger partial charge in [-0.15, -0.1) is 0 Å². The fraction of sp³-hybridized carbons (Fsp3) is 0.250. The van der Waals surface area contributed by atoms with Crippen molar-refractivity contribution in [3.8, 4) is 5.75 Å². The summed E-state index contributed by atoms with van der Waals surface area (Å²) in [4.78, 5) is 32.6. The molecule has 1 unspecified atom stereocenters. The molecule has 1 N–H and O–H groups in total. The topological polar surface area (TPSA) is 97.3 Å². The summed E-state index contributed by atoms with van der Waals surface area (Å²) in [5.74, 6) is -0.569. The Bertz CT molecular complexity index is 1450. The van der Waals surface area contributed by atoms with Crippen LogP contribution in [-0.4, -0.2) is 37.7 Å². The Morgan fingerprint density at radius 1 is 1.14 bits per heavy atom. The summed E-state index contributed by atoms with van der Waals surface area (Å²) < 4.78 is 13.1. The highest BCUT2D eigenvalue weighted by molar-refractivity contribution is 6.46. The van der Waals surface area contributed by atoms with Gasteiger partial charge in [-0.2, -0.15) is 0 Å². The number of pyridine rings is 1. The fourth-order valence-electron chi connectivity index (χ4n) is 4.60. The molecule has 4 aromatic rings. The molecule has 8 heteroatoms. The van der Waals surface area contributed by atoms with Crippen molar-refractivity contribution >= 4 is 23.1 Å². The number of furan rings is 1. The molecule has 4 heterocycles. The standard InChI is InChI=1S/C28H27N3O5/c1-3-4-14-35-20-10-7-9-19(16-20)25-23(27(33)28(34)31(25)17-21-11-8-15-36-21)26(32)24-18(2)29-22-12-5-6-13-30(22)24/h5-13,15-16,25,32H,3-4,14,17H2,1-2H3. The highest BCUT2D eigenvalue weighted by Crippen LogP contribution is 2.41. The summed E-state index contributed by atoms with van der Waals surface area (Å²) in [7, 11) is 0. The molecular weight excluding hydrogens is 458 g/mol. The zero-order valence-corrected chi connectivity index (χ0v) is 20.2. The lowest BCUT2D eigenvalue weighted by Gasteiger charge is -2.25. The zero-order chi connectivity index (χ0) is 25.2. The van der Waals surface area contributed by atoms with Crippen molar-refractivity contribution in [3.05, 3.63) is 95.3 Å².